The second kappa shape index (κ2) is 8.84. The van der Waals surface area contributed by atoms with Crippen LogP contribution in [0.1, 0.15) is 58.4 Å². The number of esters is 1. The summed E-state index contributed by atoms with van der Waals surface area (Å²) in [5, 5.41) is 0.586. The van der Waals surface area contributed by atoms with Gasteiger partial charge in [-0.25, -0.2) is 0 Å². The Kier molecular flexibility index (Phi) is 6.73. The van der Waals surface area contributed by atoms with Crippen LogP contribution in [-0.4, -0.2) is 36.8 Å². The first-order valence-corrected chi connectivity index (χ1v) is 10.9. The van der Waals surface area contributed by atoms with Crippen molar-refractivity contribution >= 4 is 30.5 Å². The van der Waals surface area contributed by atoms with Crippen molar-refractivity contribution < 1.29 is 14.3 Å². The molecule has 1 aromatic rings. The van der Waals surface area contributed by atoms with Gasteiger partial charge < -0.3 is 9.47 Å². The fraction of sp³-hybridized carbons (Fsp3) is 0.667. The Labute approximate surface area is 162 Å². The molecule has 5 heteroatoms. The second-order valence-electron chi connectivity index (χ2n) is 8.37. The third-order valence-corrected chi connectivity index (χ3v) is 6.43. The summed E-state index contributed by atoms with van der Waals surface area (Å²) in [5.41, 5.74) is 2.37. The number of cyclic esters (lactones) is 1. The molecule has 26 heavy (non-hydrogen) atoms. The average molecular weight is 373 g/mol. The molecular formula is C21H30BO3S. The predicted octanol–water partition coefficient (Wildman–Crippen LogP) is 4.11. The van der Waals surface area contributed by atoms with Crippen molar-refractivity contribution in [2.75, 3.05) is 6.61 Å². The van der Waals surface area contributed by atoms with Crippen LogP contribution in [0.15, 0.2) is 24.3 Å². The van der Waals surface area contributed by atoms with Gasteiger partial charge in [0.15, 0.2) is 7.28 Å². The Morgan fingerprint density at radius 3 is 2.54 bits per heavy atom. The number of rotatable bonds is 6. The van der Waals surface area contributed by atoms with E-state index in [4.69, 9.17) is 9.47 Å². The number of benzene rings is 1. The van der Waals surface area contributed by atoms with Crippen LogP contribution in [0.3, 0.4) is 0 Å². The zero-order valence-electron chi connectivity index (χ0n) is 16.2. The first-order chi connectivity index (χ1) is 12.4. The van der Waals surface area contributed by atoms with Gasteiger partial charge in [-0.3, -0.25) is 4.79 Å². The molecular weight excluding hydrogens is 343 g/mol. The number of carbonyl (C=O) groups is 1. The van der Waals surface area contributed by atoms with Crippen molar-refractivity contribution in [3.8, 4) is 0 Å². The minimum atomic E-state index is -0.0909. The van der Waals surface area contributed by atoms with Gasteiger partial charge in [-0.15, -0.1) is 0 Å². The number of hydrogen-bond acceptors (Lipinski definition) is 4. The van der Waals surface area contributed by atoms with Crippen molar-refractivity contribution in [3.05, 3.63) is 29.8 Å². The summed E-state index contributed by atoms with van der Waals surface area (Å²) in [6, 6.07) is 8.60. The molecule has 0 bridgehead atoms. The van der Waals surface area contributed by atoms with Gasteiger partial charge >= 0.3 is 5.97 Å². The lowest BCUT2D eigenvalue weighted by Gasteiger charge is -2.36. The van der Waals surface area contributed by atoms with Crippen LogP contribution in [0.2, 0.25) is 5.82 Å². The van der Waals surface area contributed by atoms with Crippen molar-refractivity contribution in [3.63, 3.8) is 0 Å². The lowest BCUT2D eigenvalue weighted by Crippen LogP contribution is -2.36. The quantitative estimate of drug-likeness (QED) is 0.555. The molecule has 0 spiro atoms. The van der Waals surface area contributed by atoms with Crippen molar-refractivity contribution in [2.45, 2.75) is 81.4 Å². The summed E-state index contributed by atoms with van der Waals surface area (Å²) in [7, 11) is 2.03. The van der Waals surface area contributed by atoms with Crippen molar-refractivity contribution in [1.82, 2.24) is 0 Å². The highest BCUT2D eigenvalue weighted by Crippen LogP contribution is 2.34. The summed E-state index contributed by atoms with van der Waals surface area (Å²) in [4.78, 5) is 11.6. The van der Waals surface area contributed by atoms with Gasteiger partial charge in [0.05, 0.1) is 18.3 Å². The normalized spacial score (nSPS) is 26.6. The van der Waals surface area contributed by atoms with E-state index in [1.54, 1.807) is 0 Å². The van der Waals surface area contributed by atoms with E-state index < -0.39 is 0 Å². The summed E-state index contributed by atoms with van der Waals surface area (Å²) >= 11 is 2.03. The molecule has 1 saturated heterocycles. The lowest BCUT2D eigenvalue weighted by atomic mass is 9.58. The molecule has 0 aromatic heterocycles. The Morgan fingerprint density at radius 2 is 1.88 bits per heavy atom. The third-order valence-electron chi connectivity index (χ3n) is 4.96. The molecule has 0 N–H and O–H groups in total. The molecule has 1 aliphatic carbocycles. The van der Waals surface area contributed by atoms with Crippen LogP contribution in [0.4, 0.5) is 0 Å². The highest BCUT2D eigenvalue weighted by Gasteiger charge is 2.30. The molecule has 3 rings (SSSR count). The predicted molar refractivity (Wildman–Crippen MR) is 109 cm³/mol. The standard InChI is InChI=1S/C21H30BO3S/c1-21(2,3)25-18-6-4-5-7-19(18)26-14-15-8-10-16(11-9-15)22-17-12-13-24-20(17)23/h8-11,17-19H,4-7,12-14H2,1-3H3/t17?,18-,19+/m1/s1. The van der Waals surface area contributed by atoms with Gasteiger partial charge in [0.1, 0.15) is 0 Å². The topological polar surface area (TPSA) is 35.5 Å². The van der Waals surface area contributed by atoms with E-state index in [2.05, 4.69) is 45.0 Å². The Morgan fingerprint density at radius 1 is 1.15 bits per heavy atom. The van der Waals surface area contributed by atoms with Gasteiger partial charge in [-0.05, 0) is 45.6 Å². The van der Waals surface area contributed by atoms with Gasteiger partial charge in [0.2, 0.25) is 0 Å². The molecule has 141 valence electrons. The van der Waals surface area contributed by atoms with Crippen LogP contribution < -0.4 is 5.46 Å². The maximum Gasteiger partial charge on any atom is 0.301 e. The minimum Gasteiger partial charge on any atom is -0.466 e. The maximum atomic E-state index is 11.6. The number of hydrogen-bond donors (Lipinski definition) is 0. The zero-order valence-corrected chi connectivity index (χ0v) is 17.0. The Hall–Kier alpha value is -0.935. The van der Waals surface area contributed by atoms with Crippen LogP contribution in [0.25, 0.3) is 0 Å². The number of thioether (sulfide) groups is 1. The van der Waals surface area contributed by atoms with Gasteiger partial charge in [-0.2, -0.15) is 11.8 Å². The fourth-order valence-corrected chi connectivity index (χ4v) is 5.00. The first kappa shape index (κ1) is 19.8. The van der Waals surface area contributed by atoms with E-state index in [0.29, 0.717) is 18.0 Å². The van der Waals surface area contributed by atoms with Crippen molar-refractivity contribution in [2.24, 2.45) is 0 Å². The second-order valence-corrected chi connectivity index (χ2v) is 9.60. The first-order valence-electron chi connectivity index (χ1n) is 9.80. The molecule has 3 nitrogen and oxygen atoms in total. The SMILES string of the molecule is CC(C)(C)O[C@@H]1CCCC[C@@H]1SCc1ccc([B]C2CCOC2=O)cc1. The van der Waals surface area contributed by atoms with Crippen molar-refractivity contribution in [1.29, 1.82) is 0 Å². The summed E-state index contributed by atoms with van der Waals surface area (Å²) in [6.45, 7) is 7.00. The highest BCUT2D eigenvalue weighted by atomic mass is 32.2. The van der Waals surface area contributed by atoms with E-state index in [0.717, 1.165) is 17.6 Å². The van der Waals surface area contributed by atoms with Gasteiger partial charge in [0, 0.05) is 16.8 Å². The monoisotopic (exact) mass is 373 g/mol. The Bertz CT molecular complexity index is 596. The van der Waals surface area contributed by atoms with Crippen LogP contribution in [-0.2, 0) is 20.0 Å². The molecule has 3 atom stereocenters. The minimum absolute atomic E-state index is 0.0698. The average Bonchev–Trinajstić information content (AvgIpc) is 2.99. The van der Waals surface area contributed by atoms with Crippen LogP contribution in [0.5, 0.6) is 0 Å². The molecule has 0 amide bonds. The smallest absolute Gasteiger partial charge is 0.301 e. The molecule has 1 aromatic carbocycles. The van der Waals surface area contributed by atoms with Crippen LogP contribution >= 0.6 is 11.8 Å². The summed E-state index contributed by atoms with van der Waals surface area (Å²) in [5.74, 6) is 0.847. The summed E-state index contributed by atoms with van der Waals surface area (Å²) < 4.78 is 11.3. The number of ether oxygens (including phenoxy) is 2. The zero-order chi connectivity index (χ0) is 18.6. The maximum absolute atomic E-state index is 11.6. The largest absolute Gasteiger partial charge is 0.466 e. The third kappa shape index (κ3) is 5.78. The molecule has 1 heterocycles. The van der Waals surface area contributed by atoms with E-state index in [1.807, 2.05) is 19.0 Å². The number of carbonyl (C=O) groups excluding carboxylic acids is 1. The molecule has 1 unspecified atom stereocenters. The van der Waals surface area contributed by atoms with Gasteiger partial charge in [0.25, 0.3) is 0 Å². The van der Waals surface area contributed by atoms with E-state index in [9.17, 15) is 4.79 Å². The fourth-order valence-electron chi connectivity index (χ4n) is 3.67. The van der Waals surface area contributed by atoms with E-state index >= 15 is 0 Å². The van der Waals surface area contributed by atoms with E-state index in [1.165, 1.54) is 31.2 Å². The van der Waals surface area contributed by atoms with E-state index in [-0.39, 0.29) is 17.4 Å². The summed E-state index contributed by atoms with van der Waals surface area (Å²) in [6.07, 6.45) is 6.20. The molecule has 2 aliphatic rings. The Balaban J connectivity index is 1.51. The molecule has 1 radical (unpaired) electrons. The highest BCUT2D eigenvalue weighted by molar-refractivity contribution is 7.99. The molecule has 2 fully saturated rings. The lowest BCUT2D eigenvalue weighted by molar-refractivity contribution is -0.137. The molecule has 1 saturated carbocycles. The van der Waals surface area contributed by atoms with Crippen LogP contribution in [0, 0.1) is 0 Å². The van der Waals surface area contributed by atoms with Gasteiger partial charge in [-0.1, -0.05) is 42.6 Å². The molecule has 1 aliphatic heterocycles.